The van der Waals surface area contributed by atoms with Gasteiger partial charge in [-0.3, -0.25) is 9.59 Å². The van der Waals surface area contributed by atoms with Crippen LogP contribution in [0, 0.1) is 0 Å². The van der Waals surface area contributed by atoms with Crippen LogP contribution in [-0.2, 0) is 9.59 Å². The molecule has 0 saturated carbocycles. The number of hydrogen-bond acceptors (Lipinski definition) is 5. The molecule has 0 aromatic carbocycles. The molecule has 0 aliphatic carbocycles. The molecule has 20 heavy (non-hydrogen) atoms. The van der Waals surface area contributed by atoms with Crippen LogP contribution >= 0.6 is 0 Å². The monoisotopic (exact) mass is 276 g/mol. The van der Waals surface area contributed by atoms with Crippen molar-refractivity contribution in [1.29, 1.82) is 0 Å². The van der Waals surface area contributed by atoms with Crippen molar-refractivity contribution in [2.45, 2.75) is 12.8 Å². The molecule has 0 saturated heterocycles. The summed E-state index contributed by atoms with van der Waals surface area (Å²) < 4.78 is 0. The van der Waals surface area contributed by atoms with E-state index in [1.807, 2.05) is 0 Å². The van der Waals surface area contributed by atoms with Crippen molar-refractivity contribution in [3.8, 4) is 0 Å². The van der Waals surface area contributed by atoms with Gasteiger partial charge in [0.15, 0.2) is 0 Å². The van der Waals surface area contributed by atoms with Crippen molar-refractivity contribution in [2.24, 2.45) is 5.10 Å². The highest BCUT2D eigenvalue weighted by Crippen LogP contribution is 2.10. The van der Waals surface area contributed by atoms with Crippen molar-refractivity contribution in [2.75, 3.05) is 12.4 Å². The fourth-order valence-electron chi connectivity index (χ4n) is 1.65. The van der Waals surface area contributed by atoms with Crippen molar-refractivity contribution < 1.29 is 19.5 Å². The lowest BCUT2D eigenvalue weighted by Crippen LogP contribution is -2.34. The Morgan fingerprint density at radius 2 is 2.15 bits per heavy atom. The summed E-state index contributed by atoms with van der Waals surface area (Å²) in [6.45, 7) is 0. The van der Waals surface area contributed by atoms with E-state index < -0.39 is 11.9 Å². The fraction of sp³-hybridized carbons (Fsp3) is 0.250. The SMILES string of the molecule is CN1N=C(C(=O)Nc2cc(C(=O)O)ccn2)CCC1=O. The topological polar surface area (TPSA) is 112 Å². The number of nitrogens with zero attached hydrogens (tertiary/aromatic N) is 3. The number of anilines is 1. The van der Waals surface area contributed by atoms with Gasteiger partial charge in [0.2, 0.25) is 5.91 Å². The molecule has 0 atom stereocenters. The molecule has 8 nitrogen and oxygen atoms in total. The van der Waals surface area contributed by atoms with Gasteiger partial charge in [-0.2, -0.15) is 5.10 Å². The van der Waals surface area contributed by atoms with E-state index in [4.69, 9.17) is 5.11 Å². The Balaban J connectivity index is 2.12. The molecule has 0 radical (unpaired) electrons. The first kappa shape index (κ1) is 13.7. The summed E-state index contributed by atoms with van der Waals surface area (Å²) in [4.78, 5) is 37.9. The normalized spacial score (nSPS) is 14.8. The summed E-state index contributed by atoms with van der Waals surface area (Å²) >= 11 is 0. The number of carbonyl (C=O) groups excluding carboxylic acids is 2. The second-order valence-electron chi connectivity index (χ2n) is 4.15. The maximum absolute atomic E-state index is 11.9. The number of aromatic carboxylic acids is 1. The van der Waals surface area contributed by atoms with Gasteiger partial charge in [-0.15, -0.1) is 0 Å². The van der Waals surface area contributed by atoms with E-state index in [0.717, 1.165) is 5.01 Å². The highest BCUT2D eigenvalue weighted by Gasteiger charge is 2.22. The number of hydrazone groups is 1. The van der Waals surface area contributed by atoms with Gasteiger partial charge in [0, 0.05) is 26.1 Å². The minimum absolute atomic E-state index is 0.0215. The van der Waals surface area contributed by atoms with Gasteiger partial charge in [0.05, 0.1) is 5.56 Å². The summed E-state index contributed by atoms with van der Waals surface area (Å²) in [5, 5.41) is 16.3. The van der Waals surface area contributed by atoms with Gasteiger partial charge in [-0.25, -0.2) is 14.8 Å². The average Bonchev–Trinajstić information content (AvgIpc) is 2.42. The third-order valence-electron chi connectivity index (χ3n) is 2.72. The molecule has 8 heteroatoms. The second-order valence-corrected chi connectivity index (χ2v) is 4.15. The van der Waals surface area contributed by atoms with Crippen molar-refractivity contribution in [3.05, 3.63) is 23.9 Å². The number of carboxylic acids is 1. The number of pyridine rings is 1. The zero-order valence-corrected chi connectivity index (χ0v) is 10.7. The number of aromatic nitrogens is 1. The Hall–Kier alpha value is -2.77. The lowest BCUT2D eigenvalue weighted by molar-refractivity contribution is -0.130. The van der Waals surface area contributed by atoms with Crippen LogP contribution in [0.2, 0.25) is 0 Å². The largest absolute Gasteiger partial charge is 0.478 e. The minimum Gasteiger partial charge on any atom is -0.478 e. The van der Waals surface area contributed by atoms with Gasteiger partial charge in [0.1, 0.15) is 11.5 Å². The van der Waals surface area contributed by atoms with E-state index in [1.54, 1.807) is 0 Å². The third kappa shape index (κ3) is 2.97. The first-order chi connectivity index (χ1) is 9.47. The van der Waals surface area contributed by atoms with Gasteiger partial charge in [-0.05, 0) is 12.1 Å². The first-order valence-corrected chi connectivity index (χ1v) is 5.82. The number of carboxylic acid groups (broad SMARTS) is 1. The van der Waals surface area contributed by atoms with Gasteiger partial charge in [0.25, 0.3) is 5.91 Å². The van der Waals surface area contributed by atoms with Crippen LogP contribution in [0.15, 0.2) is 23.4 Å². The molecule has 2 amide bonds. The highest BCUT2D eigenvalue weighted by molar-refractivity contribution is 6.43. The Morgan fingerprint density at radius 1 is 1.40 bits per heavy atom. The van der Waals surface area contributed by atoms with Gasteiger partial charge >= 0.3 is 5.97 Å². The molecule has 2 rings (SSSR count). The number of nitrogens with one attached hydrogen (secondary N) is 1. The number of rotatable bonds is 3. The molecular formula is C12H12N4O4. The molecule has 104 valence electrons. The van der Waals surface area contributed by atoms with E-state index in [9.17, 15) is 14.4 Å². The molecule has 1 aliphatic rings. The summed E-state index contributed by atoms with van der Waals surface area (Å²) in [6, 6.07) is 2.57. The van der Waals surface area contributed by atoms with E-state index in [-0.39, 0.29) is 35.8 Å². The Morgan fingerprint density at radius 3 is 2.80 bits per heavy atom. The predicted molar refractivity (Wildman–Crippen MR) is 69.3 cm³/mol. The van der Waals surface area contributed by atoms with Crippen LogP contribution in [-0.4, -0.2) is 45.6 Å². The lowest BCUT2D eigenvalue weighted by atomic mass is 10.1. The maximum atomic E-state index is 11.9. The zero-order valence-electron chi connectivity index (χ0n) is 10.7. The number of amides is 2. The first-order valence-electron chi connectivity index (χ1n) is 5.82. The molecule has 0 bridgehead atoms. The molecule has 2 N–H and O–H groups in total. The molecule has 0 unspecified atom stereocenters. The van der Waals surface area contributed by atoms with Crippen LogP contribution in [0.25, 0.3) is 0 Å². The zero-order chi connectivity index (χ0) is 14.7. The van der Waals surface area contributed by atoms with Gasteiger partial charge in [-0.1, -0.05) is 0 Å². The maximum Gasteiger partial charge on any atom is 0.335 e. The van der Waals surface area contributed by atoms with Gasteiger partial charge < -0.3 is 10.4 Å². The van der Waals surface area contributed by atoms with E-state index in [0.29, 0.717) is 0 Å². The van der Waals surface area contributed by atoms with Crippen LogP contribution < -0.4 is 5.32 Å². The summed E-state index contributed by atoms with van der Waals surface area (Å²) in [5.74, 6) is -1.65. The molecule has 1 aromatic rings. The summed E-state index contributed by atoms with van der Waals surface area (Å²) in [5.41, 5.74) is 0.225. The second kappa shape index (κ2) is 5.47. The number of hydrogen-bond donors (Lipinski definition) is 2. The average molecular weight is 276 g/mol. The summed E-state index contributed by atoms with van der Waals surface area (Å²) in [6.07, 6.45) is 1.75. The smallest absolute Gasteiger partial charge is 0.335 e. The molecular weight excluding hydrogens is 264 g/mol. The van der Waals surface area contributed by atoms with Crippen LogP contribution in [0.1, 0.15) is 23.2 Å². The molecule has 2 heterocycles. The Kier molecular flexibility index (Phi) is 3.74. The molecule has 0 fully saturated rings. The van der Waals surface area contributed by atoms with Crippen molar-refractivity contribution >= 4 is 29.3 Å². The summed E-state index contributed by atoms with van der Waals surface area (Å²) in [7, 11) is 1.47. The minimum atomic E-state index is -1.11. The molecule has 1 aliphatic heterocycles. The standard InChI is InChI=1S/C12H12N4O4/c1-16-10(17)3-2-8(15-16)11(18)14-9-6-7(12(19)20)4-5-13-9/h4-6H,2-3H2,1H3,(H,19,20)(H,13,14,18). The predicted octanol–water partition coefficient (Wildman–Crippen LogP) is 0.326. The Bertz CT molecular complexity index is 611. The van der Waals surface area contributed by atoms with Crippen molar-refractivity contribution in [1.82, 2.24) is 9.99 Å². The lowest BCUT2D eigenvalue weighted by Gasteiger charge is -2.18. The van der Waals surface area contributed by atoms with Crippen molar-refractivity contribution in [3.63, 3.8) is 0 Å². The quantitative estimate of drug-likeness (QED) is 0.826. The van der Waals surface area contributed by atoms with E-state index in [1.165, 1.54) is 25.4 Å². The van der Waals surface area contributed by atoms with Crippen LogP contribution in [0.4, 0.5) is 5.82 Å². The fourth-order valence-corrected chi connectivity index (χ4v) is 1.65. The van der Waals surface area contributed by atoms with Crippen LogP contribution in [0.5, 0.6) is 0 Å². The molecule has 1 aromatic heterocycles. The Labute approximate surface area is 114 Å². The third-order valence-corrected chi connectivity index (χ3v) is 2.72. The highest BCUT2D eigenvalue weighted by atomic mass is 16.4. The molecule has 0 spiro atoms. The van der Waals surface area contributed by atoms with E-state index in [2.05, 4.69) is 15.4 Å². The van der Waals surface area contributed by atoms with Crippen LogP contribution in [0.3, 0.4) is 0 Å². The number of carbonyl (C=O) groups is 3. The van der Waals surface area contributed by atoms with E-state index >= 15 is 0 Å².